The van der Waals surface area contributed by atoms with Crippen molar-refractivity contribution in [3.05, 3.63) is 24.2 Å². The summed E-state index contributed by atoms with van der Waals surface area (Å²) >= 11 is 0. The second-order valence-corrected chi connectivity index (χ2v) is 6.85. The van der Waals surface area contributed by atoms with Gasteiger partial charge in [-0.25, -0.2) is 13.1 Å². The number of piperidine rings is 1. The molecule has 1 aliphatic rings. The number of likely N-dealkylation sites (tertiary alicyclic amines) is 1. The fourth-order valence-electron chi connectivity index (χ4n) is 2.34. The van der Waals surface area contributed by atoms with Gasteiger partial charge in [0.1, 0.15) is 0 Å². The van der Waals surface area contributed by atoms with Crippen molar-refractivity contribution in [1.82, 2.24) is 9.62 Å². The van der Waals surface area contributed by atoms with Gasteiger partial charge in [-0.2, -0.15) is 0 Å². The maximum absolute atomic E-state index is 12.0. The normalized spacial score (nSPS) is 17.4. The Morgan fingerprint density at radius 3 is 2.70 bits per heavy atom. The minimum Gasteiger partial charge on any atom is -0.459 e. The lowest BCUT2D eigenvalue weighted by Gasteiger charge is -2.31. The van der Waals surface area contributed by atoms with E-state index in [1.165, 1.54) is 6.26 Å². The fourth-order valence-corrected chi connectivity index (χ4v) is 3.74. The zero-order valence-corrected chi connectivity index (χ0v) is 12.4. The van der Waals surface area contributed by atoms with Crippen LogP contribution in [0.5, 0.6) is 0 Å². The maximum atomic E-state index is 12.0. The Labute approximate surface area is 119 Å². The quantitative estimate of drug-likeness (QED) is 0.886. The van der Waals surface area contributed by atoms with Gasteiger partial charge in [-0.05, 0) is 31.4 Å². The molecule has 0 aromatic carbocycles. The largest absolute Gasteiger partial charge is 0.459 e. The van der Waals surface area contributed by atoms with Gasteiger partial charge in [0.2, 0.25) is 10.0 Å². The monoisotopic (exact) mass is 300 g/mol. The van der Waals surface area contributed by atoms with Gasteiger partial charge in [-0.3, -0.25) is 4.79 Å². The van der Waals surface area contributed by atoms with Gasteiger partial charge in [0.15, 0.2) is 5.76 Å². The first-order valence-corrected chi connectivity index (χ1v) is 8.50. The van der Waals surface area contributed by atoms with Crippen LogP contribution in [-0.2, 0) is 10.0 Å². The van der Waals surface area contributed by atoms with E-state index < -0.39 is 10.0 Å². The molecule has 0 unspecified atom stereocenters. The highest BCUT2D eigenvalue weighted by atomic mass is 32.2. The highest BCUT2D eigenvalue weighted by molar-refractivity contribution is 7.89. The number of amides is 1. The fraction of sp³-hybridized carbons (Fsp3) is 0.615. The van der Waals surface area contributed by atoms with E-state index in [-0.39, 0.29) is 17.7 Å². The Bertz CT molecular complexity index is 531. The van der Waals surface area contributed by atoms with Gasteiger partial charge in [-0.15, -0.1) is 0 Å². The van der Waals surface area contributed by atoms with Gasteiger partial charge >= 0.3 is 0 Å². The van der Waals surface area contributed by atoms with Crippen LogP contribution < -0.4 is 4.72 Å². The van der Waals surface area contributed by atoms with Gasteiger partial charge < -0.3 is 9.32 Å². The lowest BCUT2D eigenvalue weighted by atomic mass is 10.1. The van der Waals surface area contributed by atoms with Crippen LogP contribution in [-0.4, -0.2) is 44.1 Å². The van der Waals surface area contributed by atoms with Crippen LogP contribution in [0.4, 0.5) is 0 Å². The predicted octanol–water partition coefficient (Wildman–Crippen LogP) is 1.21. The molecule has 1 aromatic heterocycles. The summed E-state index contributed by atoms with van der Waals surface area (Å²) in [6.45, 7) is 2.92. The van der Waals surface area contributed by atoms with Crippen molar-refractivity contribution in [1.29, 1.82) is 0 Å². The zero-order chi connectivity index (χ0) is 14.6. The third kappa shape index (κ3) is 3.83. The molecule has 0 spiro atoms. The number of carbonyl (C=O) groups is 1. The number of rotatable bonds is 5. The molecule has 2 heterocycles. The summed E-state index contributed by atoms with van der Waals surface area (Å²) in [6.07, 6.45) is 3.34. The van der Waals surface area contributed by atoms with Crippen molar-refractivity contribution >= 4 is 15.9 Å². The van der Waals surface area contributed by atoms with Crippen molar-refractivity contribution in [2.24, 2.45) is 0 Å². The summed E-state index contributed by atoms with van der Waals surface area (Å²) < 4.78 is 31.2. The minimum absolute atomic E-state index is 0.0767. The lowest BCUT2D eigenvalue weighted by Crippen LogP contribution is -2.46. The molecule has 1 N–H and O–H groups in total. The van der Waals surface area contributed by atoms with Crippen LogP contribution in [0.3, 0.4) is 0 Å². The van der Waals surface area contributed by atoms with E-state index in [9.17, 15) is 13.2 Å². The summed E-state index contributed by atoms with van der Waals surface area (Å²) in [6, 6.07) is 3.24. The molecular formula is C13H20N2O4S. The van der Waals surface area contributed by atoms with Crippen molar-refractivity contribution in [3.63, 3.8) is 0 Å². The number of hydrogen-bond acceptors (Lipinski definition) is 4. The Morgan fingerprint density at radius 2 is 2.15 bits per heavy atom. The van der Waals surface area contributed by atoms with Crippen LogP contribution in [0.1, 0.15) is 36.7 Å². The maximum Gasteiger partial charge on any atom is 0.289 e. The third-order valence-electron chi connectivity index (χ3n) is 3.33. The van der Waals surface area contributed by atoms with Crippen LogP contribution in [0.25, 0.3) is 0 Å². The molecule has 0 saturated carbocycles. The van der Waals surface area contributed by atoms with E-state index in [1.807, 2.05) is 6.92 Å². The molecule has 0 bridgehead atoms. The van der Waals surface area contributed by atoms with Crippen LogP contribution in [0, 0.1) is 0 Å². The number of hydrogen-bond donors (Lipinski definition) is 1. The Morgan fingerprint density at radius 1 is 1.45 bits per heavy atom. The van der Waals surface area contributed by atoms with Gasteiger partial charge in [-0.1, -0.05) is 6.92 Å². The first kappa shape index (κ1) is 15.1. The molecule has 1 fully saturated rings. The summed E-state index contributed by atoms with van der Waals surface area (Å²) in [5.74, 6) is 0.346. The Hall–Kier alpha value is -1.34. The van der Waals surface area contributed by atoms with E-state index in [0.29, 0.717) is 38.1 Å². The average molecular weight is 300 g/mol. The second-order valence-electron chi connectivity index (χ2n) is 4.98. The Kier molecular flexibility index (Phi) is 4.82. The number of nitrogens with zero attached hydrogens (tertiary/aromatic N) is 1. The predicted molar refractivity (Wildman–Crippen MR) is 74.8 cm³/mol. The molecule has 2 rings (SSSR count). The van der Waals surface area contributed by atoms with Crippen LogP contribution in [0.2, 0.25) is 0 Å². The average Bonchev–Trinajstić information content (AvgIpc) is 2.92. The van der Waals surface area contributed by atoms with Crippen molar-refractivity contribution < 1.29 is 17.6 Å². The number of nitrogens with one attached hydrogen (secondary N) is 1. The molecule has 6 nitrogen and oxygen atoms in total. The van der Waals surface area contributed by atoms with Crippen LogP contribution >= 0.6 is 0 Å². The van der Waals surface area contributed by atoms with Crippen molar-refractivity contribution in [3.8, 4) is 0 Å². The SMILES string of the molecule is CCCS(=O)(=O)NC1CCN(C(=O)c2ccco2)CC1. The molecular weight excluding hydrogens is 280 g/mol. The zero-order valence-electron chi connectivity index (χ0n) is 11.5. The van der Waals surface area contributed by atoms with E-state index >= 15 is 0 Å². The molecule has 1 aliphatic heterocycles. The standard InChI is InChI=1S/C13H20N2O4S/c1-2-10-20(17,18)14-11-5-7-15(8-6-11)13(16)12-4-3-9-19-12/h3-4,9,11,14H,2,5-8,10H2,1H3. The molecule has 20 heavy (non-hydrogen) atoms. The van der Waals surface area contributed by atoms with E-state index in [2.05, 4.69) is 4.72 Å². The summed E-state index contributed by atoms with van der Waals surface area (Å²) in [5, 5.41) is 0. The van der Waals surface area contributed by atoms with Gasteiger partial charge in [0.05, 0.1) is 12.0 Å². The van der Waals surface area contributed by atoms with E-state index in [4.69, 9.17) is 4.42 Å². The van der Waals surface area contributed by atoms with E-state index in [0.717, 1.165) is 0 Å². The van der Waals surface area contributed by atoms with Crippen molar-refractivity contribution in [2.75, 3.05) is 18.8 Å². The summed E-state index contributed by atoms with van der Waals surface area (Å²) in [5.41, 5.74) is 0. The molecule has 0 atom stereocenters. The smallest absolute Gasteiger partial charge is 0.289 e. The molecule has 112 valence electrons. The Balaban J connectivity index is 1.85. The molecule has 7 heteroatoms. The number of carbonyl (C=O) groups excluding carboxylic acids is 1. The third-order valence-corrected chi connectivity index (χ3v) is 4.97. The van der Waals surface area contributed by atoms with Gasteiger partial charge in [0, 0.05) is 19.1 Å². The minimum atomic E-state index is -3.18. The second kappa shape index (κ2) is 6.41. The van der Waals surface area contributed by atoms with Crippen molar-refractivity contribution in [2.45, 2.75) is 32.2 Å². The lowest BCUT2D eigenvalue weighted by molar-refractivity contribution is 0.0679. The molecule has 1 saturated heterocycles. The summed E-state index contributed by atoms with van der Waals surface area (Å²) in [4.78, 5) is 13.7. The highest BCUT2D eigenvalue weighted by Crippen LogP contribution is 2.15. The molecule has 1 amide bonds. The first-order chi connectivity index (χ1) is 9.52. The number of furan rings is 1. The summed E-state index contributed by atoms with van der Waals surface area (Å²) in [7, 11) is -3.18. The highest BCUT2D eigenvalue weighted by Gasteiger charge is 2.27. The molecule has 1 aromatic rings. The first-order valence-electron chi connectivity index (χ1n) is 6.84. The molecule has 0 radical (unpaired) electrons. The topological polar surface area (TPSA) is 79.6 Å². The van der Waals surface area contributed by atoms with Crippen LogP contribution in [0.15, 0.2) is 22.8 Å². The van der Waals surface area contributed by atoms with E-state index in [1.54, 1.807) is 17.0 Å². The van der Waals surface area contributed by atoms with Gasteiger partial charge in [0.25, 0.3) is 5.91 Å². The molecule has 0 aliphatic carbocycles. The number of sulfonamides is 1.